The third-order valence-electron chi connectivity index (χ3n) is 2.40. The van der Waals surface area contributed by atoms with E-state index in [0.717, 1.165) is 24.7 Å². The van der Waals surface area contributed by atoms with Crippen molar-refractivity contribution in [3.63, 3.8) is 0 Å². The van der Waals surface area contributed by atoms with Crippen LogP contribution in [-0.2, 0) is 14.3 Å². The Morgan fingerprint density at radius 1 is 1.38 bits per heavy atom. The van der Waals surface area contributed by atoms with Crippen LogP contribution in [0.25, 0.3) is 0 Å². The van der Waals surface area contributed by atoms with Gasteiger partial charge >= 0.3 is 16.1 Å². The normalized spacial score (nSPS) is 15.8. The van der Waals surface area contributed by atoms with Crippen LogP contribution in [0.5, 0.6) is 0 Å². The average Bonchev–Trinajstić information content (AvgIpc) is 2.98. The van der Waals surface area contributed by atoms with Crippen molar-refractivity contribution < 1.29 is 17.4 Å². The van der Waals surface area contributed by atoms with Gasteiger partial charge in [-0.2, -0.15) is 8.42 Å². The Morgan fingerprint density at radius 2 is 2.06 bits per heavy atom. The maximum atomic E-state index is 11.5. The zero-order valence-electron chi connectivity index (χ0n) is 8.84. The molecule has 0 radical (unpaired) electrons. The molecule has 86 valence electrons. The second kappa shape index (κ2) is 3.90. The van der Waals surface area contributed by atoms with E-state index in [2.05, 4.69) is 4.18 Å². The van der Waals surface area contributed by atoms with Crippen molar-refractivity contribution in [3.8, 4) is 0 Å². The fraction of sp³-hybridized carbons (Fsp3) is 0.364. The van der Waals surface area contributed by atoms with E-state index in [-0.39, 0.29) is 5.56 Å². The lowest BCUT2D eigenvalue weighted by Gasteiger charge is -2.03. The molecule has 0 amide bonds. The number of carbonyl (C=O) groups excluding carboxylic acids is 1. The SMILES string of the molecule is CS(=O)(=O)OC(=O)c1cccc(C2CC2)c1. The smallest absolute Gasteiger partial charge is 0.341 e. The molecular formula is C11H12O4S. The average molecular weight is 240 g/mol. The van der Waals surface area contributed by atoms with E-state index < -0.39 is 16.1 Å². The lowest BCUT2D eigenvalue weighted by Crippen LogP contribution is -2.11. The Morgan fingerprint density at radius 3 is 2.62 bits per heavy atom. The third-order valence-corrected chi connectivity index (χ3v) is 2.85. The third kappa shape index (κ3) is 2.82. The molecule has 0 N–H and O–H groups in total. The molecule has 1 aromatic rings. The topological polar surface area (TPSA) is 60.4 Å². The first-order valence-electron chi connectivity index (χ1n) is 4.99. The lowest BCUT2D eigenvalue weighted by atomic mass is 10.1. The first-order valence-corrected chi connectivity index (χ1v) is 6.81. The Bertz CT molecular complexity index is 515. The zero-order chi connectivity index (χ0) is 11.8. The molecule has 1 aliphatic carbocycles. The number of carbonyl (C=O) groups is 1. The van der Waals surface area contributed by atoms with Crippen molar-refractivity contribution in [2.75, 3.05) is 6.26 Å². The van der Waals surface area contributed by atoms with Gasteiger partial charge in [-0.15, -0.1) is 0 Å². The van der Waals surface area contributed by atoms with Crippen molar-refractivity contribution in [2.45, 2.75) is 18.8 Å². The van der Waals surface area contributed by atoms with E-state index >= 15 is 0 Å². The number of benzene rings is 1. The number of rotatable bonds is 3. The molecule has 0 aromatic heterocycles. The molecule has 0 aliphatic heterocycles. The molecule has 0 unspecified atom stereocenters. The molecule has 1 fully saturated rings. The van der Waals surface area contributed by atoms with Gasteiger partial charge in [0, 0.05) is 0 Å². The fourth-order valence-electron chi connectivity index (χ4n) is 1.52. The van der Waals surface area contributed by atoms with Gasteiger partial charge in [-0.1, -0.05) is 12.1 Å². The highest BCUT2D eigenvalue weighted by molar-refractivity contribution is 7.86. The maximum Gasteiger partial charge on any atom is 0.353 e. The molecule has 1 saturated carbocycles. The summed E-state index contributed by atoms with van der Waals surface area (Å²) < 4.78 is 25.9. The first-order chi connectivity index (χ1) is 7.46. The van der Waals surface area contributed by atoms with Crippen LogP contribution in [-0.4, -0.2) is 20.6 Å². The van der Waals surface area contributed by atoms with Crippen molar-refractivity contribution in [1.29, 1.82) is 0 Å². The highest BCUT2D eigenvalue weighted by Crippen LogP contribution is 2.40. The van der Waals surface area contributed by atoms with Gasteiger partial charge < -0.3 is 4.18 Å². The molecule has 0 saturated heterocycles. The van der Waals surface area contributed by atoms with Gasteiger partial charge in [0.25, 0.3) is 0 Å². The fourth-order valence-corrected chi connectivity index (χ4v) is 1.89. The molecule has 5 heteroatoms. The van der Waals surface area contributed by atoms with Crippen LogP contribution < -0.4 is 0 Å². The van der Waals surface area contributed by atoms with Gasteiger partial charge in [0.1, 0.15) is 0 Å². The molecule has 0 atom stereocenters. The lowest BCUT2D eigenvalue weighted by molar-refractivity contribution is 0.0748. The Labute approximate surface area is 94.4 Å². The van der Waals surface area contributed by atoms with Crippen LogP contribution >= 0.6 is 0 Å². The van der Waals surface area contributed by atoms with E-state index in [1.54, 1.807) is 18.2 Å². The van der Waals surface area contributed by atoms with Gasteiger partial charge in [-0.05, 0) is 36.5 Å². The molecule has 16 heavy (non-hydrogen) atoms. The van der Waals surface area contributed by atoms with Gasteiger partial charge in [0.15, 0.2) is 0 Å². The standard InChI is InChI=1S/C11H12O4S/c1-16(13,14)15-11(12)10-4-2-3-9(7-10)8-5-6-8/h2-4,7-8H,5-6H2,1H3. The molecule has 0 heterocycles. The Hall–Kier alpha value is -1.36. The minimum Gasteiger partial charge on any atom is -0.341 e. The number of hydrogen-bond acceptors (Lipinski definition) is 4. The van der Waals surface area contributed by atoms with E-state index in [9.17, 15) is 13.2 Å². The van der Waals surface area contributed by atoms with E-state index in [0.29, 0.717) is 5.92 Å². The first kappa shape index (κ1) is 11.1. The van der Waals surface area contributed by atoms with Gasteiger partial charge in [0.05, 0.1) is 11.8 Å². The van der Waals surface area contributed by atoms with Crippen LogP contribution in [0.4, 0.5) is 0 Å². The molecular weight excluding hydrogens is 228 g/mol. The van der Waals surface area contributed by atoms with E-state index in [1.807, 2.05) is 6.07 Å². The summed E-state index contributed by atoms with van der Waals surface area (Å²) in [4.78, 5) is 11.5. The molecule has 0 bridgehead atoms. The molecule has 0 spiro atoms. The van der Waals surface area contributed by atoms with Crippen LogP contribution in [0.3, 0.4) is 0 Å². The summed E-state index contributed by atoms with van der Waals surface area (Å²) in [6.07, 6.45) is 3.12. The zero-order valence-corrected chi connectivity index (χ0v) is 9.66. The minimum absolute atomic E-state index is 0.287. The molecule has 1 aromatic carbocycles. The van der Waals surface area contributed by atoms with Crippen molar-refractivity contribution in [3.05, 3.63) is 35.4 Å². The van der Waals surface area contributed by atoms with Gasteiger partial charge in [-0.3, -0.25) is 0 Å². The molecule has 4 nitrogen and oxygen atoms in total. The summed E-state index contributed by atoms with van der Waals surface area (Å²) in [7, 11) is -3.74. The van der Waals surface area contributed by atoms with E-state index in [4.69, 9.17) is 0 Å². The van der Waals surface area contributed by atoms with Crippen molar-refractivity contribution in [1.82, 2.24) is 0 Å². The van der Waals surface area contributed by atoms with E-state index in [1.165, 1.54) is 0 Å². The van der Waals surface area contributed by atoms with Crippen molar-refractivity contribution >= 4 is 16.1 Å². The summed E-state index contributed by atoms with van der Waals surface area (Å²) in [5.41, 5.74) is 1.36. The quantitative estimate of drug-likeness (QED) is 0.754. The van der Waals surface area contributed by atoms with Crippen LogP contribution in [0, 0.1) is 0 Å². The van der Waals surface area contributed by atoms with Gasteiger partial charge in [0.2, 0.25) is 0 Å². The largest absolute Gasteiger partial charge is 0.353 e. The second-order valence-corrected chi connectivity index (χ2v) is 5.55. The summed E-state index contributed by atoms with van der Waals surface area (Å²) in [5.74, 6) is -0.295. The summed E-state index contributed by atoms with van der Waals surface area (Å²) in [6.45, 7) is 0. The Balaban J connectivity index is 2.19. The molecule has 2 rings (SSSR count). The van der Waals surface area contributed by atoms with Crippen LogP contribution in [0.15, 0.2) is 24.3 Å². The second-order valence-electron chi connectivity index (χ2n) is 3.97. The van der Waals surface area contributed by atoms with Crippen LogP contribution in [0.2, 0.25) is 0 Å². The highest BCUT2D eigenvalue weighted by atomic mass is 32.2. The minimum atomic E-state index is -3.74. The highest BCUT2D eigenvalue weighted by Gasteiger charge is 2.24. The van der Waals surface area contributed by atoms with Crippen LogP contribution in [0.1, 0.15) is 34.7 Å². The predicted molar refractivity (Wildman–Crippen MR) is 58.7 cm³/mol. The maximum absolute atomic E-state index is 11.5. The summed E-state index contributed by atoms with van der Waals surface area (Å²) >= 11 is 0. The summed E-state index contributed by atoms with van der Waals surface area (Å²) in [6, 6.07) is 6.94. The summed E-state index contributed by atoms with van der Waals surface area (Å²) in [5, 5.41) is 0. The Kier molecular flexibility index (Phi) is 2.71. The monoisotopic (exact) mass is 240 g/mol. The number of hydrogen-bond donors (Lipinski definition) is 0. The van der Waals surface area contributed by atoms with Gasteiger partial charge in [-0.25, -0.2) is 4.79 Å². The molecule has 1 aliphatic rings. The van der Waals surface area contributed by atoms with Crippen molar-refractivity contribution in [2.24, 2.45) is 0 Å². The predicted octanol–water partition coefficient (Wildman–Crippen LogP) is 1.68.